The molecule has 0 bridgehead atoms. The fraction of sp³-hybridized carbons (Fsp3) is 0.357. The summed E-state index contributed by atoms with van der Waals surface area (Å²) in [7, 11) is -2.31. The van der Waals surface area contributed by atoms with Gasteiger partial charge >= 0.3 is 0 Å². The van der Waals surface area contributed by atoms with Crippen molar-refractivity contribution in [1.29, 1.82) is 0 Å². The maximum atomic E-state index is 6.52. The Kier molecular flexibility index (Phi) is 6.84. The van der Waals surface area contributed by atoms with Crippen LogP contribution in [0, 0.1) is 20.8 Å². The first-order chi connectivity index (χ1) is 14.4. The van der Waals surface area contributed by atoms with Crippen LogP contribution in [-0.2, 0) is 0 Å². The molecule has 0 radical (unpaired) electrons. The van der Waals surface area contributed by atoms with Crippen molar-refractivity contribution in [3.8, 4) is 16.9 Å². The molecule has 0 spiro atoms. The minimum atomic E-state index is -1.73. The lowest BCUT2D eigenvalue weighted by molar-refractivity contribution is 0.560. The third-order valence-electron chi connectivity index (χ3n) is 5.27. The third-order valence-corrected chi connectivity index (χ3v) is 9.47. The summed E-state index contributed by atoms with van der Waals surface area (Å²) >= 11 is 0. The minimum Gasteiger partial charge on any atom is -0.544 e. The average Bonchev–Trinajstić information content (AvgIpc) is 2.63. The fourth-order valence-corrected chi connectivity index (χ4v) is 8.32. The molecule has 1 unspecified atom stereocenters. The van der Waals surface area contributed by atoms with E-state index in [9.17, 15) is 0 Å². The molecule has 0 N–H and O–H groups in total. The number of para-hydroxylation sites is 1. The van der Waals surface area contributed by atoms with Gasteiger partial charge in [0, 0.05) is 5.56 Å². The van der Waals surface area contributed by atoms with Crippen LogP contribution in [0.15, 0.2) is 60.7 Å². The van der Waals surface area contributed by atoms with Gasteiger partial charge in [-0.3, -0.25) is 0 Å². The first-order valence-corrected chi connectivity index (χ1v) is 15.9. The minimum absolute atomic E-state index is 0.130. The molecule has 0 aromatic heterocycles. The predicted molar refractivity (Wildman–Crippen MR) is 142 cm³/mol. The van der Waals surface area contributed by atoms with E-state index in [0.717, 1.165) is 5.75 Å². The smallest absolute Gasteiger partial charge is 0.242 e. The second kappa shape index (κ2) is 8.92. The Hall–Kier alpha value is -1.89. The van der Waals surface area contributed by atoms with Crippen LogP contribution in [0.2, 0.25) is 19.6 Å². The van der Waals surface area contributed by atoms with Crippen LogP contribution in [0.1, 0.15) is 37.5 Å². The molecule has 3 aromatic carbocycles. The molecule has 3 aromatic rings. The number of rotatable bonds is 5. The van der Waals surface area contributed by atoms with Crippen molar-refractivity contribution < 1.29 is 4.43 Å². The van der Waals surface area contributed by atoms with Gasteiger partial charge in [-0.1, -0.05) is 80.9 Å². The predicted octanol–water partition coefficient (Wildman–Crippen LogP) is 7.72. The standard InChI is InChI=1S/C28H37OPSi/c1-20-18-21(2)27(22(3)19-20)30(28(4,5)6)26-17-13-11-15-24(26)23-14-10-12-16-25(23)29-31(7,8)9/h10-19H,1-9H3. The number of hydrogen-bond donors (Lipinski definition) is 0. The topological polar surface area (TPSA) is 9.23 Å². The third kappa shape index (κ3) is 5.48. The van der Waals surface area contributed by atoms with Crippen molar-refractivity contribution in [2.24, 2.45) is 0 Å². The van der Waals surface area contributed by atoms with Crippen LogP contribution in [0.4, 0.5) is 0 Å². The van der Waals surface area contributed by atoms with Crippen molar-refractivity contribution in [1.82, 2.24) is 0 Å². The van der Waals surface area contributed by atoms with Gasteiger partial charge in [-0.25, -0.2) is 0 Å². The van der Waals surface area contributed by atoms with Gasteiger partial charge in [0.15, 0.2) is 0 Å². The molecule has 0 saturated heterocycles. The second-order valence-corrected chi connectivity index (χ2v) is 17.9. The summed E-state index contributed by atoms with van der Waals surface area (Å²) in [6.07, 6.45) is 0. The van der Waals surface area contributed by atoms with E-state index in [1.807, 2.05) is 0 Å². The van der Waals surface area contributed by atoms with Gasteiger partial charge in [0.2, 0.25) is 8.32 Å². The first kappa shape index (κ1) is 23.8. The molecule has 0 heterocycles. The van der Waals surface area contributed by atoms with Crippen molar-refractivity contribution in [3.63, 3.8) is 0 Å². The van der Waals surface area contributed by atoms with E-state index in [-0.39, 0.29) is 5.16 Å². The van der Waals surface area contributed by atoms with E-state index >= 15 is 0 Å². The molecule has 0 saturated carbocycles. The number of benzene rings is 3. The Morgan fingerprint density at radius 3 is 1.81 bits per heavy atom. The van der Waals surface area contributed by atoms with Gasteiger partial charge in [0.25, 0.3) is 0 Å². The Labute approximate surface area is 191 Å². The highest BCUT2D eigenvalue weighted by Crippen LogP contribution is 2.51. The lowest BCUT2D eigenvalue weighted by atomic mass is 10.0. The van der Waals surface area contributed by atoms with E-state index in [4.69, 9.17) is 4.43 Å². The summed E-state index contributed by atoms with van der Waals surface area (Å²) in [6.45, 7) is 20.7. The summed E-state index contributed by atoms with van der Waals surface area (Å²) in [6, 6.07) is 22.2. The Balaban J connectivity index is 2.28. The van der Waals surface area contributed by atoms with Crippen molar-refractivity contribution in [2.45, 2.75) is 66.3 Å². The van der Waals surface area contributed by atoms with Crippen LogP contribution >= 0.6 is 7.92 Å². The van der Waals surface area contributed by atoms with Crippen LogP contribution in [0.3, 0.4) is 0 Å². The molecule has 0 fully saturated rings. The monoisotopic (exact) mass is 448 g/mol. The van der Waals surface area contributed by atoms with Gasteiger partial charge in [0.05, 0.1) is 0 Å². The van der Waals surface area contributed by atoms with E-state index in [1.54, 1.807) is 0 Å². The van der Waals surface area contributed by atoms with Crippen molar-refractivity contribution in [3.05, 3.63) is 77.4 Å². The van der Waals surface area contributed by atoms with Gasteiger partial charge in [-0.05, 0) is 86.9 Å². The van der Waals surface area contributed by atoms with Crippen molar-refractivity contribution in [2.75, 3.05) is 0 Å². The lowest BCUT2D eigenvalue weighted by Gasteiger charge is -2.36. The zero-order valence-electron chi connectivity index (χ0n) is 20.6. The van der Waals surface area contributed by atoms with E-state index < -0.39 is 16.2 Å². The normalized spacial score (nSPS) is 13.2. The molecule has 1 atom stereocenters. The highest BCUT2D eigenvalue weighted by molar-refractivity contribution is 7.74. The molecule has 0 amide bonds. The van der Waals surface area contributed by atoms with Crippen LogP contribution < -0.4 is 15.0 Å². The van der Waals surface area contributed by atoms with Gasteiger partial charge in [0.1, 0.15) is 5.75 Å². The van der Waals surface area contributed by atoms with Crippen molar-refractivity contribution >= 4 is 26.8 Å². The number of aryl methyl sites for hydroxylation is 3. The van der Waals surface area contributed by atoms with E-state index in [0.29, 0.717) is 0 Å². The maximum Gasteiger partial charge on any atom is 0.242 e. The van der Waals surface area contributed by atoms with Crippen LogP contribution in [-0.4, -0.2) is 13.5 Å². The summed E-state index contributed by atoms with van der Waals surface area (Å²) in [5.41, 5.74) is 6.65. The molecule has 3 rings (SSSR count). The highest BCUT2D eigenvalue weighted by Gasteiger charge is 2.32. The van der Waals surface area contributed by atoms with Crippen LogP contribution in [0.25, 0.3) is 11.1 Å². The highest BCUT2D eigenvalue weighted by atomic mass is 31.1. The van der Waals surface area contributed by atoms with Gasteiger partial charge < -0.3 is 4.43 Å². The largest absolute Gasteiger partial charge is 0.544 e. The molecule has 0 aliphatic carbocycles. The first-order valence-electron chi connectivity index (χ1n) is 11.1. The molecule has 1 nitrogen and oxygen atoms in total. The summed E-state index contributed by atoms with van der Waals surface area (Å²) in [5.74, 6) is 1.01. The molecule has 164 valence electrons. The van der Waals surface area contributed by atoms with Crippen LogP contribution in [0.5, 0.6) is 5.75 Å². The zero-order chi connectivity index (χ0) is 23.0. The van der Waals surface area contributed by atoms with Gasteiger partial charge in [-0.15, -0.1) is 0 Å². The Morgan fingerprint density at radius 1 is 0.742 bits per heavy atom. The van der Waals surface area contributed by atoms with Gasteiger partial charge in [-0.2, -0.15) is 0 Å². The average molecular weight is 449 g/mol. The maximum absolute atomic E-state index is 6.52. The fourth-order valence-electron chi connectivity index (χ4n) is 4.35. The molecular formula is C28H37OPSi. The summed E-state index contributed by atoms with van der Waals surface area (Å²) < 4.78 is 6.52. The second-order valence-electron chi connectivity index (χ2n) is 10.5. The number of hydrogen-bond acceptors (Lipinski definition) is 1. The molecule has 0 aliphatic heterocycles. The molecular weight excluding hydrogens is 411 g/mol. The molecule has 3 heteroatoms. The Bertz CT molecular complexity index is 1050. The zero-order valence-corrected chi connectivity index (χ0v) is 22.5. The molecule has 31 heavy (non-hydrogen) atoms. The lowest BCUT2D eigenvalue weighted by Crippen LogP contribution is -2.31. The quantitative estimate of drug-likeness (QED) is 0.287. The summed E-state index contributed by atoms with van der Waals surface area (Å²) in [4.78, 5) is 0. The Morgan fingerprint density at radius 2 is 1.26 bits per heavy atom. The summed E-state index contributed by atoms with van der Waals surface area (Å²) in [5, 5.41) is 3.08. The van der Waals surface area contributed by atoms with E-state index in [2.05, 4.69) is 122 Å². The SMILES string of the molecule is Cc1cc(C)c(P(c2ccccc2-c2ccccc2O[Si](C)(C)C)C(C)(C)C)c(C)c1. The van der Waals surface area contributed by atoms with E-state index in [1.165, 1.54) is 38.4 Å². The molecule has 0 aliphatic rings.